The molecule has 0 aliphatic carbocycles. The Kier molecular flexibility index (Phi) is 7.74. The van der Waals surface area contributed by atoms with Crippen molar-refractivity contribution in [1.82, 2.24) is 15.0 Å². The molecule has 1 saturated heterocycles. The molecule has 12 heteroatoms. The fourth-order valence-corrected chi connectivity index (χ4v) is 3.46. The number of ether oxygens (including phenoxy) is 1. The molecule has 2 heterocycles. The van der Waals surface area contributed by atoms with E-state index in [2.05, 4.69) is 26.9 Å². The molecule has 1 aromatic heterocycles. The van der Waals surface area contributed by atoms with Crippen LogP contribution in [0.2, 0.25) is 0 Å². The van der Waals surface area contributed by atoms with Crippen LogP contribution in [0.5, 0.6) is 0 Å². The highest BCUT2D eigenvalue weighted by atomic mass is 19.2. The number of rotatable bonds is 6. The van der Waals surface area contributed by atoms with E-state index in [1.807, 2.05) is 0 Å². The van der Waals surface area contributed by atoms with E-state index in [9.17, 15) is 23.4 Å². The van der Waals surface area contributed by atoms with Gasteiger partial charge in [0.15, 0.2) is 23.3 Å². The molecule has 1 fully saturated rings. The van der Waals surface area contributed by atoms with Crippen molar-refractivity contribution < 1.29 is 28.1 Å². The van der Waals surface area contributed by atoms with Gasteiger partial charge in [0, 0.05) is 17.7 Å². The van der Waals surface area contributed by atoms with Crippen LogP contribution in [-0.2, 0) is 4.74 Å². The predicted molar refractivity (Wildman–Crippen MR) is 115 cm³/mol. The number of nitrogens with two attached hydrogens (primary N) is 1. The Balaban J connectivity index is 1.95. The van der Waals surface area contributed by atoms with Crippen molar-refractivity contribution in [2.75, 3.05) is 6.61 Å². The second kappa shape index (κ2) is 10.5. The molecule has 176 valence electrons. The van der Waals surface area contributed by atoms with E-state index in [1.165, 1.54) is 10.9 Å². The van der Waals surface area contributed by atoms with E-state index in [0.29, 0.717) is 5.70 Å². The summed E-state index contributed by atoms with van der Waals surface area (Å²) >= 11 is 0. The van der Waals surface area contributed by atoms with Crippen LogP contribution in [0.25, 0.3) is 11.3 Å². The van der Waals surface area contributed by atoms with Gasteiger partial charge in [-0.25, -0.2) is 27.8 Å². The number of nitrogens with zero attached hydrogens (tertiary/aromatic N) is 5. The van der Waals surface area contributed by atoms with E-state index in [1.54, 1.807) is 19.1 Å². The molecule has 3 rings (SSSR count). The standard InChI is InChI=1S/C21H23F3N6O3/c1-3-4-11(2)27-21(26-10-25)17-7-16(20(32)18(9-31)33-17)30-8-15(28-29-30)12-5-13(22)19(24)14(23)6-12/h3-6,8,10,16-18,20,31-32H,1,7,9H2,2H3,(H2,25,26,27)/b11-4+. The smallest absolute Gasteiger partial charge is 0.194 e. The summed E-state index contributed by atoms with van der Waals surface area (Å²) in [7, 11) is 0. The normalized spacial score (nSPS) is 24.4. The number of aliphatic hydroxyl groups is 2. The van der Waals surface area contributed by atoms with Crippen LogP contribution < -0.4 is 5.73 Å². The molecule has 9 nitrogen and oxygen atoms in total. The van der Waals surface area contributed by atoms with Gasteiger partial charge >= 0.3 is 0 Å². The number of hydrogen-bond donors (Lipinski definition) is 3. The van der Waals surface area contributed by atoms with Crippen molar-refractivity contribution >= 4 is 12.2 Å². The molecular formula is C21H23F3N6O3. The van der Waals surface area contributed by atoms with E-state index < -0.39 is 48.4 Å². The average Bonchev–Trinajstić information content (AvgIpc) is 3.27. The molecule has 0 saturated carbocycles. The van der Waals surface area contributed by atoms with Gasteiger partial charge in [-0.05, 0) is 25.1 Å². The Morgan fingerprint density at radius 2 is 2.06 bits per heavy atom. The maximum Gasteiger partial charge on any atom is 0.194 e. The lowest BCUT2D eigenvalue weighted by Gasteiger charge is -2.38. The summed E-state index contributed by atoms with van der Waals surface area (Å²) in [5, 5.41) is 28.3. The molecule has 0 bridgehead atoms. The molecule has 0 spiro atoms. The van der Waals surface area contributed by atoms with E-state index in [0.717, 1.165) is 18.5 Å². The maximum atomic E-state index is 13.6. The Hall–Kier alpha value is -3.35. The van der Waals surface area contributed by atoms with Crippen LogP contribution in [0, 0.1) is 17.5 Å². The molecule has 1 aliphatic heterocycles. The molecular weight excluding hydrogens is 441 g/mol. The van der Waals surface area contributed by atoms with Gasteiger partial charge in [0.1, 0.15) is 24.0 Å². The predicted octanol–water partition coefficient (Wildman–Crippen LogP) is 1.89. The molecule has 1 aromatic carbocycles. The summed E-state index contributed by atoms with van der Waals surface area (Å²) < 4.78 is 47.6. The minimum Gasteiger partial charge on any atom is -0.394 e. The molecule has 4 unspecified atom stereocenters. The molecule has 2 aromatic rings. The topological polar surface area (TPSA) is 131 Å². The summed E-state index contributed by atoms with van der Waals surface area (Å²) in [6, 6.07) is 0.823. The van der Waals surface area contributed by atoms with E-state index >= 15 is 0 Å². The van der Waals surface area contributed by atoms with Crippen LogP contribution in [0.3, 0.4) is 0 Å². The minimum atomic E-state index is -1.59. The Morgan fingerprint density at radius 3 is 2.67 bits per heavy atom. The lowest BCUT2D eigenvalue weighted by Crippen LogP contribution is -2.49. The van der Waals surface area contributed by atoms with Crippen LogP contribution in [0.4, 0.5) is 13.2 Å². The number of aliphatic hydroxyl groups excluding tert-OH is 2. The van der Waals surface area contributed by atoms with Crippen molar-refractivity contribution in [2.45, 2.75) is 37.7 Å². The summed E-state index contributed by atoms with van der Waals surface area (Å²) in [5.74, 6) is -4.12. The Labute approximate surface area is 187 Å². The largest absolute Gasteiger partial charge is 0.394 e. The first kappa shape index (κ1) is 24.3. The highest BCUT2D eigenvalue weighted by molar-refractivity contribution is 5.93. The second-order valence-corrected chi connectivity index (χ2v) is 7.27. The zero-order valence-electron chi connectivity index (χ0n) is 17.6. The van der Waals surface area contributed by atoms with Crippen molar-refractivity contribution in [2.24, 2.45) is 15.7 Å². The highest BCUT2D eigenvalue weighted by Gasteiger charge is 2.41. The molecule has 4 N–H and O–H groups in total. The van der Waals surface area contributed by atoms with Gasteiger partial charge in [0.2, 0.25) is 0 Å². The number of hydrogen-bond acceptors (Lipinski definition) is 6. The molecule has 0 radical (unpaired) electrons. The highest BCUT2D eigenvalue weighted by Crippen LogP contribution is 2.32. The van der Waals surface area contributed by atoms with Gasteiger partial charge in [0.05, 0.1) is 25.2 Å². The molecule has 1 aliphatic rings. The number of benzene rings is 1. The van der Waals surface area contributed by atoms with Crippen molar-refractivity contribution in [3.63, 3.8) is 0 Å². The van der Waals surface area contributed by atoms with E-state index in [4.69, 9.17) is 10.5 Å². The van der Waals surface area contributed by atoms with Gasteiger partial charge in [-0.2, -0.15) is 0 Å². The third-order valence-electron chi connectivity index (χ3n) is 5.02. The van der Waals surface area contributed by atoms with Crippen LogP contribution in [0.15, 0.2) is 52.7 Å². The van der Waals surface area contributed by atoms with Gasteiger partial charge < -0.3 is 20.7 Å². The first-order valence-corrected chi connectivity index (χ1v) is 9.92. The Bertz CT molecular complexity index is 1080. The van der Waals surface area contributed by atoms with Crippen LogP contribution in [-0.4, -0.2) is 62.3 Å². The lowest BCUT2D eigenvalue weighted by atomic mass is 9.95. The number of allylic oxidation sites excluding steroid dienone is 3. The number of aromatic nitrogens is 3. The quantitative estimate of drug-likeness (QED) is 0.259. The van der Waals surface area contributed by atoms with Gasteiger partial charge in [-0.15, -0.1) is 5.10 Å². The van der Waals surface area contributed by atoms with Gasteiger partial charge in [-0.1, -0.05) is 17.9 Å². The first-order valence-electron chi connectivity index (χ1n) is 9.92. The fourth-order valence-electron chi connectivity index (χ4n) is 3.46. The summed E-state index contributed by atoms with van der Waals surface area (Å²) in [4.78, 5) is 8.41. The van der Waals surface area contributed by atoms with Crippen molar-refractivity contribution in [1.29, 1.82) is 0 Å². The van der Waals surface area contributed by atoms with Gasteiger partial charge in [-0.3, -0.25) is 0 Å². The van der Waals surface area contributed by atoms with Crippen molar-refractivity contribution in [3.05, 3.63) is 60.2 Å². The van der Waals surface area contributed by atoms with Crippen LogP contribution >= 0.6 is 0 Å². The minimum absolute atomic E-state index is 0.0328. The monoisotopic (exact) mass is 464 g/mol. The summed E-state index contributed by atoms with van der Waals surface area (Å²) in [5.41, 5.74) is 6.04. The molecule has 4 atom stereocenters. The summed E-state index contributed by atoms with van der Waals surface area (Å²) in [6.07, 6.45) is 2.72. The van der Waals surface area contributed by atoms with Crippen molar-refractivity contribution in [3.8, 4) is 11.3 Å². The van der Waals surface area contributed by atoms with Gasteiger partial charge in [0.25, 0.3) is 0 Å². The third kappa shape index (κ3) is 5.35. The summed E-state index contributed by atoms with van der Waals surface area (Å²) in [6.45, 7) is 4.81. The fraction of sp³-hybridized carbons (Fsp3) is 0.333. The first-order chi connectivity index (χ1) is 15.8. The SMILES string of the molecule is C=C/C=C(\C)N=C(N=CN)C1CC(n2cc(-c3cc(F)c(F)c(F)c3)nn2)C(O)C(CO)O1. The molecule has 0 amide bonds. The Morgan fingerprint density at radius 1 is 1.36 bits per heavy atom. The molecule has 33 heavy (non-hydrogen) atoms. The number of halogens is 3. The zero-order valence-corrected chi connectivity index (χ0v) is 17.6. The zero-order chi connectivity index (χ0) is 24.1. The third-order valence-corrected chi connectivity index (χ3v) is 5.02. The van der Waals surface area contributed by atoms with Crippen LogP contribution in [0.1, 0.15) is 19.4 Å². The number of amidine groups is 1. The second-order valence-electron chi connectivity index (χ2n) is 7.27. The average molecular weight is 464 g/mol. The van der Waals surface area contributed by atoms with E-state index in [-0.39, 0.29) is 23.5 Å². The number of aliphatic imine (C=N–C) groups is 2. The maximum absolute atomic E-state index is 13.6. The lowest BCUT2D eigenvalue weighted by molar-refractivity contribution is -0.137.